The summed E-state index contributed by atoms with van der Waals surface area (Å²) in [4.78, 5) is 11.7. The van der Waals surface area contributed by atoms with Gasteiger partial charge in [0.2, 0.25) is 0 Å². The van der Waals surface area contributed by atoms with Crippen LogP contribution in [0.25, 0.3) is 0 Å². The third-order valence-electron chi connectivity index (χ3n) is 2.43. The first-order valence-electron chi connectivity index (χ1n) is 5.05. The molecule has 1 atom stereocenters. The first kappa shape index (κ1) is 11.7. The highest BCUT2D eigenvalue weighted by Crippen LogP contribution is 2.30. The molecule has 1 aliphatic rings. The molecule has 1 aromatic rings. The van der Waals surface area contributed by atoms with Crippen LogP contribution in [0.2, 0.25) is 10.0 Å². The molecule has 2 rings (SSSR count). The molecule has 1 aliphatic heterocycles. The highest BCUT2D eigenvalue weighted by molar-refractivity contribution is 6.44. The number of carbonyl (C=O) groups excluding carboxylic acids is 1. The van der Waals surface area contributed by atoms with Gasteiger partial charge >= 0.3 is 0 Å². The Kier molecular flexibility index (Phi) is 3.69. The molecule has 1 unspecified atom stereocenters. The summed E-state index contributed by atoms with van der Waals surface area (Å²) in [5.74, 6) is -0.165. The van der Waals surface area contributed by atoms with Crippen LogP contribution in [0.1, 0.15) is 12.8 Å². The minimum Gasteiger partial charge on any atom is -0.368 e. The molecule has 86 valence electrons. The average molecular weight is 260 g/mol. The zero-order chi connectivity index (χ0) is 11.5. The fourth-order valence-corrected chi connectivity index (χ4v) is 1.95. The summed E-state index contributed by atoms with van der Waals surface area (Å²) in [6, 6.07) is 5.12. The van der Waals surface area contributed by atoms with E-state index in [4.69, 9.17) is 27.9 Å². The van der Waals surface area contributed by atoms with Gasteiger partial charge in [0, 0.05) is 6.61 Å². The van der Waals surface area contributed by atoms with Gasteiger partial charge in [0.25, 0.3) is 5.91 Å². The summed E-state index contributed by atoms with van der Waals surface area (Å²) < 4.78 is 5.27. The van der Waals surface area contributed by atoms with Gasteiger partial charge < -0.3 is 10.1 Å². The van der Waals surface area contributed by atoms with E-state index in [1.54, 1.807) is 18.2 Å². The zero-order valence-electron chi connectivity index (χ0n) is 8.50. The Morgan fingerprint density at radius 1 is 1.44 bits per heavy atom. The van der Waals surface area contributed by atoms with E-state index >= 15 is 0 Å². The van der Waals surface area contributed by atoms with Crippen LogP contribution in [0.4, 0.5) is 5.69 Å². The molecular formula is C11H11Cl2NO2. The van der Waals surface area contributed by atoms with Crippen molar-refractivity contribution in [2.24, 2.45) is 0 Å². The van der Waals surface area contributed by atoms with Crippen molar-refractivity contribution in [3.8, 4) is 0 Å². The molecule has 0 bridgehead atoms. The number of hydrogen-bond donors (Lipinski definition) is 1. The molecule has 0 radical (unpaired) electrons. The standard InChI is InChI=1S/C11H11Cl2NO2/c12-7-3-1-4-8(10(7)13)14-11(15)9-5-2-6-16-9/h1,3-4,9H,2,5-6H2,(H,14,15). The number of rotatable bonds is 2. The molecule has 0 saturated carbocycles. The van der Waals surface area contributed by atoms with Gasteiger partial charge in [-0.1, -0.05) is 29.3 Å². The number of amides is 1. The zero-order valence-corrected chi connectivity index (χ0v) is 10.0. The van der Waals surface area contributed by atoms with E-state index < -0.39 is 0 Å². The first-order chi connectivity index (χ1) is 7.68. The SMILES string of the molecule is O=C(Nc1cccc(Cl)c1Cl)C1CCCO1. The van der Waals surface area contributed by atoms with Gasteiger partial charge in [-0.25, -0.2) is 0 Å². The Morgan fingerprint density at radius 3 is 2.94 bits per heavy atom. The second-order valence-corrected chi connectivity index (χ2v) is 4.38. The second-order valence-electron chi connectivity index (χ2n) is 3.59. The largest absolute Gasteiger partial charge is 0.368 e. The molecule has 3 nitrogen and oxygen atoms in total. The number of ether oxygens (including phenoxy) is 1. The minimum absolute atomic E-state index is 0.165. The lowest BCUT2D eigenvalue weighted by Crippen LogP contribution is -2.26. The minimum atomic E-state index is -0.366. The summed E-state index contributed by atoms with van der Waals surface area (Å²) in [6.07, 6.45) is 1.31. The molecule has 0 aromatic heterocycles. The number of halogens is 2. The summed E-state index contributed by atoms with van der Waals surface area (Å²) in [5.41, 5.74) is 0.523. The first-order valence-corrected chi connectivity index (χ1v) is 5.80. The Bertz CT molecular complexity index is 403. The third-order valence-corrected chi connectivity index (χ3v) is 3.25. The van der Waals surface area contributed by atoms with E-state index in [0.29, 0.717) is 22.3 Å². The van der Waals surface area contributed by atoms with Gasteiger partial charge in [0.05, 0.1) is 15.7 Å². The highest BCUT2D eigenvalue weighted by atomic mass is 35.5. The van der Waals surface area contributed by atoms with Crippen LogP contribution >= 0.6 is 23.2 Å². The highest BCUT2D eigenvalue weighted by Gasteiger charge is 2.24. The van der Waals surface area contributed by atoms with Crippen molar-refractivity contribution >= 4 is 34.8 Å². The quantitative estimate of drug-likeness (QED) is 0.887. The van der Waals surface area contributed by atoms with Crippen molar-refractivity contribution in [1.82, 2.24) is 0 Å². The summed E-state index contributed by atoms with van der Waals surface area (Å²) in [6.45, 7) is 0.640. The van der Waals surface area contributed by atoms with Gasteiger partial charge in [-0.05, 0) is 25.0 Å². The van der Waals surface area contributed by atoms with Gasteiger partial charge in [0.15, 0.2) is 0 Å². The number of carbonyl (C=O) groups is 1. The van der Waals surface area contributed by atoms with Gasteiger partial charge in [-0.15, -0.1) is 0 Å². The van der Waals surface area contributed by atoms with Crippen LogP contribution < -0.4 is 5.32 Å². The van der Waals surface area contributed by atoms with Crippen LogP contribution in [0.15, 0.2) is 18.2 Å². The monoisotopic (exact) mass is 259 g/mol. The van der Waals surface area contributed by atoms with E-state index in [-0.39, 0.29) is 12.0 Å². The topological polar surface area (TPSA) is 38.3 Å². The van der Waals surface area contributed by atoms with E-state index in [1.165, 1.54) is 0 Å². The van der Waals surface area contributed by atoms with Crippen LogP contribution in [0, 0.1) is 0 Å². The molecule has 1 N–H and O–H groups in total. The number of nitrogens with one attached hydrogen (secondary N) is 1. The van der Waals surface area contributed by atoms with E-state index in [2.05, 4.69) is 5.32 Å². The van der Waals surface area contributed by atoms with Crippen molar-refractivity contribution in [1.29, 1.82) is 0 Å². The molecule has 1 saturated heterocycles. The van der Waals surface area contributed by atoms with E-state index in [1.807, 2.05) is 0 Å². The predicted octanol–water partition coefficient (Wildman–Crippen LogP) is 3.11. The lowest BCUT2D eigenvalue weighted by atomic mass is 10.2. The maximum atomic E-state index is 11.7. The molecule has 1 heterocycles. The Labute approximate surface area is 104 Å². The third kappa shape index (κ3) is 2.48. The average Bonchev–Trinajstić information content (AvgIpc) is 2.78. The van der Waals surface area contributed by atoms with E-state index in [0.717, 1.165) is 12.8 Å². The van der Waals surface area contributed by atoms with Crippen molar-refractivity contribution in [2.45, 2.75) is 18.9 Å². The molecule has 16 heavy (non-hydrogen) atoms. The van der Waals surface area contributed by atoms with E-state index in [9.17, 15) is 4.79 Å². The smallest absolute Gasteiger partial charge is 0.253 e. The fourth-order valence-electron chi connectivity index (χ4n) is 1.60. The Balaban J connectivity index is 2.08. The predicted molar refractivity (Wildman–Crippen MR) is 64.1 cm³/mol. The second kappa shape index (κ2) is 5.04. The Hall–Kier alpha value is -0.770. The lowest BCUT2D eigenvalue weighted by Gasteiger charge is -2.11. The molecule has 1 amide bonds. The van der Waals surface area contributed by atoms with Gasteiger partial charge in [-0.2, -0.15) is 0 Å². The Morgan fingerprint density at radius 2 is 2.25 bits per heavy atom. The summed E-state index contributed by atoms with van der Waals surface area (Å²) in [7, 11) is 0. The molecule has 0 aliphatic carbocycles. The summed E-state index contributed by atoms with van der Waals surface area (Å²) >= 11 is 11.8. The van der Waals surface area contributed by atoms with Crippen molar-refractivity contribution < 1.29 is 9.53 Å². The van der Waals surface area contributed by atoms with Crippen LogP contribution in [0.3, 0.4) is 0 Å². The number of benzene rings is 1. The molecule has 1 aromatic carbocycles. The normalized spacial score (nSPS) is 19.8. The van der Waals surface area contributed by atoms with Crippen LogP contribution in [-0.4, -0.2) is 18.6 Å². The van der Waals surface area contributed by atoms with Gasteiger partial charge in [-0.3, -0.25) is 4.79 Å². The van der Waals surface area contributed by atoms with Gasteiger partial charge in [0.1, 0.15) is 6.10 Å². The number of hydrogen-bond acceptors (Lipinski definition) is 2. The number of anilines is 1. The molecule has 0 spiro atoms. The van der Waals surface area contributed by atoms with Crippen LogP contribution in [0.5, 0.6) is 0 Å². The molecular weight excluding hydrogens is 249 g/mol. The van der Waals surface area contributed by atoms with Crippen molar-refractivity contribution in [2.75, 3.05) is 11.9 Å². The summed E-state index contributed by atoms with van der Waals surface area (Å²) in [5, 5.41) is 3.49. The maximum Gasteiger partial charge on any atom is 0.253 e. The van der Waals surface area contributed by atoms with Crippen molar-refractivity contribution in [3.63, 3.8) is 0 Å². The van der Waals surface area contributed by atoms with Crippen LogP contribution in [-0.2, 0) is 9.53 Å². The molecule has 1 fully saturated rings. The fraction of sp³-hybridized carbons (Fsp3) is 0.364. The van der Waals surface area contributed by atoms with Crippen molar-refractivity contribution in [3.05, 3.63) is 28.2 Å². The lowest BCUT2D eigenvalue weighted by molar-refractivity contribution is -0.124. The maximum absolute atomic E-state index is 11.7. The molecule has 5 heteroatoms.